The van der Waals surface area contributed by atoms with Crippen LogP contribution in [-0.4, -0.2) is 26.3 Å². The van der Waals surface area contributed by atoms with E-state index in [1.165, 1.54) is 53.3 Å². The van der Waals surface area contributed by atoms with Crippen LogP contribution in [0.25, 0.3) is 11.1 Å². The van der Waals surface area contributed by atoms with Crippen LogP contribution in [0.5, 0.6) is 5.75 Å². The van der Waals surface area contributed by atoms with Gasteiger partial charge in [0, 0.05) is 12.7 Å². The van der Waals surface area contributed by atoms with Crippen molar-refractivity contribution in [2.75, 3.05) is 20.3 Å². The van der Waals surface area contributed by atoms with E-state index in [9.17, 15) is 4.79 Å². The molecule has 5 rings (SSSR count). The van der Waals surface area contributed by atoms with Crippen molar-refractivity contribution in [3.63, 3.8) is 0 Å². The number of esters is 1. The highest BCUT2D eigenvalue weighted by molar-refractivity contribution is 5.78. The van der Waals surface area contributed by atoms with E-state index in [-0.39, 0.29) is 12.6 Å². The van der Waals surface area contributed by atoms with Gasteiger partial charge in [-0.2, -0.15) is 0 Å². The fourth-order valence-electron chi connectivity index (χ4n) is 4.75. The molecule has 2 fully saturated rings. The average Bonchev–Trinajstić information content (AvgIpc) is 3.63. The quantitative estimate of drug-likeness (QED) is 0.646. The molecule has 2 saturated carbocycles. The molecule has 152 valence electrons. The van der Waals surface area contributed by atoms with Gasteiger partial charge in [0.2, 0.25) is 0 Å². The minimum absolute atomic E-state index is 0.00533. The molecule has 2 aromatic rings. The van der Waals surface area contributed by atoms with Gasteiger partial charge in [0.15, 0.2) is 0 Å². The van der Waals surface area contributed by atoms with Gasteiger partial charge in [-0.25, -0.2) is 4.79 Å². The van der Waals surface area contributed by atoms with E-state index in [1.54, 1.807) is 0 Å². The summed E-state index contributed by atoms with van der Waals surface area (Å²) in [6.45, 7) is 2.93. The summed E-state index contributed by atoms with van der Waals surface area (Å²) in [7, 11) is 1.53. The van der Waals surface area contributed by atoms with Crippen LogP contribution in [-0.2, 0) is 26.3 Å². The topological polar surface area (TPSA) is 44.8 Å². The molecule has 0 amide bonds. The van der Waals surface area contributed by atoms with Crippen molar-refractivity contribution in [2.45, 2.75) is 57.0 Å². The van der Waals surface area contributed by atoms with Crippen molar-refractivity contribution in [3.8, 4) is 16.9 Å². The number of hydrogen-bond donors (Lipinski definition) is 0. The molecule has 0 atom stereocenters. The van der Waals surface area contributed by atoms with Gasteiger partial charge in [-0.1, -0.05) is 18.2 Å². The number of aryl methyl sites for hydroxylation is 2. The van der Waals surface area contributed by atoms with Gasteiger partial charge >= 0.3 is 5.97 Å². The summed E-state index contributed by atoms with van der Waals surface area (Å²) in [5.41, 5.74) is 7.07. The van der Waals surface area contributed by atoms with Gasteiger partial charge in [-0.15, -0.1) is 0 Å². The number of hydrogen-bond acceptors (Lipinski definition) is 4. The Morgan fingerprint density at radius 3 is 2.76 bits per heavy atom. The lowest BCUT2D eigenvalue weighted by Gasteiger charge is -2.26. The van der Waals surface area contributed by atoms with Crippen molar-refractivity contribution in [3.05, 3.63) is 52.6 Å². The molecule has 0 saturated heterocycles. The van der Waals surface area contributed by atoms with Gasteiger partial charge in [-0.05, 0) is 91.3 Å². The number of rotatable bonds is 6. The molecular weight excluding hydrogens is 364 g/mol. The van der Waals surface area contributed by atoms with Crippen molar-refractivity contribution in [2.24, 2.45) is 0 Å². The Hall–Kier alpha value is -2.33. The number of methoxy groups -OCH3 is 1. The van der Waals surface area contributed by atoms with E-state index in [0.29, 0.717) is 5.92 Å². The summed E-state index contributed by atoms with van der Waals surface area (Å²) in [6, 6.07) is 11.1. The molecule has 0 unspecified atom stereocenters. The van der Waals surface area contributed by atoms with E-state index >= 15 is 0 Å². The maximum atomic E-state index is 12.3. The van der Waals surface area contributed by atoms with E-state index in [0.717, 1.165) is 38.0 Å². The van der Waals surface area contributed by atoms with Crippen molar-refractivity contribution >= 4 is 5.97 Å². The van der Waals surface area contributed by atoms with Gasteiger partial charge in [-0.3, -0.25) is 0 Å². The lowest BCUT2D eigenvalue weighted by Crippen LogP contribution is -2.23. The zero-order valence-corrected chi connectivity index (χ0v) is 17.3. The molecule has 2 aliphatic carbocycles. The highest BCUT2D eigenvalue weighted by Gasteiger charge is 2.51. The number of ether oxygens (including phenoxy) is 3. The standard InChI is InChI=1S/C25H28O4/c1-16-5-9-20(17-6-7-17)23(19-8-10-21-18(14-19)4-3-13-28-21)24(16)25(11-12-25)29-22(26)15-27-2/h5,8-10,14,17H,3-4,6-7,11-13,15H2,1-2H3. The van der Waals surface area contributed by atoms with E-state index in [4.69, 9.17) is 14.2 Å². The van der Waals surface area contributed by atoms with Crippen LogP contribution in [0.2, 0.25) is 0 Å². The highest BCUT2D eigenvalue weighted by Crippen LogP contribution is 2.56. The van der Waals surface area contributed by atoms with Gasteiger partial charge in [0.25, 0.3) is 0 Å². The first-order valence-corrected chi connectivity index (χ1v) is 10.7. The number of carbonyl (C=O) groups excluding carboxylic acids is 1. The first-order valence-electron chi connectivity index (χ1n) is 10.7. The summed E-state index contributed by atoms with van der Waals surface area (Å²) in [6.07, 6.45) is 6.33. The third-order valence-electron chi connectivity index (χ3n) is 6.39. The predicted octanol–water partition coefficient (Wildman–Crippen LogP) is 5.04. The Bertz CT molecular complexity index is 954. The molecule has 0 N–H and O–H groups in total. The second kappa shape index (κ2) is 7.17. The third-order valence-corrected chi connectivity index (χ3v) is 6.39. The molecule has 3 aliphatic rings. The Morgan fingerprint density at radius 1 is 1.21 bits per heavy atom. The van der Waals surface area contributed by atoms with E-state index in [1.807, 2.05) is 0 Å². The largest absolute Gasteiger partial charge is 0.493 e. The maximum Gasteiger partial charge on any atom is 0.332 e. The van der Waals surface area contributed by atoms with E-state index in [2.05, 4.69) is 37.3 Å². The van der Waals surface area contributed by atoms with Crippen LogP contribution in [0.3, 0.4) is 0 Å². The van der Waals surface area contributed by atoms with Gasteiger partial charge in [0.05, 0.1) is 6.61 Å². The fourth-order valence-corrected chi connectivity index (χ4v) is 4.75. The molecule has 0 bridgehead atoms. The normalized spacial score (nSPS) is 19.2. The third kappa shape index (κ3) is 3.44. The van der Waals surface area contributed by atoms with Crippen LogP contribution in [0.15, 0.2) is 30.3 Å². The molecule has 0 radical (unpaired) electrons. The van der Waals surface area contributed by atoms with E-state index < -0.39 is 5.60 Å². The van der Waals surface area contributed by atoms with Crippen molar-refractivity contribution < 1.29 is 19.0 Å². The Balaban J connectivity index is 1.64. The minimum atomic E-state index is -0.508. The minimum Gasteiger partial charge on any atom is -0.493 e. The number of benzene rings is 2. The summed E-state index contributed by atoms with van der Waals surface area (Å²) >= 11 is 0. The highest BCUT2D eigenvalue weighted by atomic mass is 16.6. The molecule has 1 aliphatic heterocycles. The van der Waals surface area contributed by atoms with Crippen LogP contribution < -0.4 is 4.74 Å². The van der Waals surface area contributed by atoms with Gasteiger partial charge in [0.1, 0.15) is 18.0 Å². The Labute approximate surface area is 172 Å². The number of carbonyl (C=O) groups is 1. The average molecular weight is 392 g/mol. The Kier molecular flexibility index (Phi) is 4.62. The lowest BCUT2D eigenvalue weighted by molar-refractivity contribution is -0.156. The zero-order chi connectivity index (χ0) is 20.0. The molecule has 1 heterocycles. The molecule has 4 nitrogen and oxygen atoms in total. The molecule has 0 spiro atoms. The summed E-state index contributed by atoms with van der Waals surface area (Å²) in [4.78, 5) is 12.3. The van der Waals surface area contributed by atoms with Crippen molar-refractivity contribution in [1.29, 1.82) is 0 Å². The Morgan fingerprint density at radius 2 is 2.03 bits per heavy atom. The summed E-state index contributed by atoms with van der Waals surface area (Å²) in [5.74, 6) is 1.34. The van der Waals surface area contributed by atoms with Crippen LogP contribution in [0.1, 0.15) is 60.3 Å². The fraction of sp³-hybridized carbons (Fsp3) is 0.480. The first-order chi connectivity index (χ1) is 14.1. The molecular formula is C25H28O4. The second-order valence-electron chi connectivity index (χ2n) is 8.67. The lowest BCUT2D eigenvalue weighted by atomic mass is 9.84. The SMILES string of the molecule is COCC(=O)OC1(c2c(C)ccc(C3CC3)c2-c2ccc3c(c2)CCCO3)CC1. The summed E-state index contributed by atoms with van der Waals surface area (Å²) < 4.78 is 16.8. The second-order valence-corrected chi connectivity index (χ2v) is 8.67. The maximum absolute atomic E-state index is 12.3. The van der Waals surface area contributed by atoms with Crippen LogP contribution in [0, 0.1) is 6.92 Å². The monoisotopic (exact) mass is 392 g/mol. The molecule has 0 aromatic heterocycles. The molecule has 4 heteroatoms. The zero-order valence-electron chi connectivity index (χ0n) is 17.3. The summed E-state index contributed by atoms with van der Waals surface area (Å²) in [5, 5.41) is 0. The smallest absolute Gasteiger partial charge is 0.332 e. The predicted molar refractivity (Wildman–Crippen MR) is 111 cm³/mol. The molecule has 2 aromatic carbocycles. The van der Waals surface area contributed by atoms with Gasteiger partial charge < -0.3 is 14.2 Å². The van der Waals surface area contributed by atoms with Crippen LogP contribution in [0.4, 0.5) is 0 Å². The number of fused-ring (bicyclic) bond motifs is 1. The first kappa shape index (κ1) is 18.7. The molecule has 29 heavy (non-hydrogen) atoms. The van der Waals surface area contributed by atoms with Crippen molar-refractivity contribution in [1.82, 2.24) is 0 Å². The van der Waals surface area contributed by atoms with Crippen LogP contribution >= 0.6 is 0 Å².